The molecule has 1 atom stereocenters. The Morgan fingerprint density at radius 2 is 2.05 bits per heavy atom. The Kier molecular flexibility index (Phi) is 8.78. The van der Waals surface area contributed by atoms with E-state index in [1.165, 1.54) is 6.21 Å². The number of amides is 2. The molecule has 2 amide bonds. The molecule has 0 unspecified atom stereocenters. The second-order valence-electron chi connectivity index (χ2n) is 9.18. The van der Waals surface area contributed by atoms with Crippen molar-refractivity contribution in [3.63, 3.8) is 0 Å². The molecule has 3 heterocycles. The van der Waals surface area contributed by atoms with Crippen molar-refractivity contribution in [1.82, 2.24) is 20.3 Å². The molecule has 3 N–H and O–H groups in total. The molecule has 1 fully saturated rings. The van der Waals surface area contributed by atoms with E-state index in [1.807, 2.05) is 19.9 Å². The molecule has 208 valence electrons. The zero-order valence-corrected chi connectivity index (χ0v) is 22.3. The molecule has 2 aromatic heterocycles. The number of aromatic nitrogens is 3. The van der Waals surface area contributed by atoms with Gasteiger partial charge in [0.05, 0.1) is 52.4 Å². The van der Waals surface area contributed by atoms with Gasteiger partial charge in [-0.05, 0) is 31.0 Å². The average molecular weight is 572 g/mol. The fourth-order valence-corrected chi connectivity index (χ4v) is 4.41. The summed E-state index contributed by atoms with van der Waals surface area (Å²) in [6, 6.07) is 5.61. The van der Waals surface area contributed by atoms with Gasteiger partial charge in [-0.15, -0.1) is 0 Å². The van der Waals surface area contributed by atoms with Crippen LogP contribution < -0.4 is 16.0 Å². The quantitative estimate of drug-likeness (QED) is 0.376. The fraction of sp³-hybridized carbons (Fsp3) is 0.259. The number of anilines is 1. The highest BCUT2D eigenvalue weighted by Crippen LogP contribution is 2.35. The largest absolute Gasteiger partial charge is 0.403 e. The van der Waals surface area contributed by atoms with E-state index < -0.39 is 29.3 Å². The SMILES string of the molecule is Cc1nc(CN=CC(=CN)NC(=O)c2cncc(-c3c(C(F)F)ccc(Cl)c3F)n2)ccc1N1C[C@@H](C)CC1=O. The van der Waals surface area contributed by atoms with Gasteiger partial charge in [-0.1, -0.05) is 24.6 Å². The van der Waals surface area contributed by atoms with Gasteiger partial charge in [-0.2, -0.15) is 0 Å². The lowest BCUT2D eigenvalue weighted by Gasteiger charge is -2.18. The Morgan fingerprint density at radius 3 is 2.70 bits per heavy atom. The molecular formula is C27H25ClF3N7O2. The molecule has 0 radical (unpaired) electrons. The maximum Gasteiger partial charge on any atom is 0.275 e. The molecule has 1 aromatic carbocycles. The molecule has 4 rings (SSSR count). The minimum absolute atomic E-state index is 0.0685. The van der Waals surface area contributed by atoms with E-state index in [1.54, 1.807) is 11.0 Å². The van der Waals surface area contributed by atoms with Crippen molar-refractivity contribution in [3.05, 3.63) is 82.0 Å². The summed E-state index contributed by atoms with van der Waals surface area (Å²) in [5, 5.41) is 2.11. The number of nitrogens with zero attached hydrogens (tertiary/aromatic N) is 5. The van der Waals surface area contributed by atoms with Crippen LogP contribution in [-0.4, -0.2) is 39.5 Å². The van der Waals surface area contributed by atoms with Crippen molar-refractivity contribution < 1.29 is 22.8 Å². The number of pyridine rings is 1. The molecule has 1 aliphatic rings. The molecule has 9 nitrogen and oxygen atoms in total. The molecule has 0 bridgehead atoms. The van der Waals surface area contributed by atoms with Gasteiger partial charge in [0.25, 0.3) is 12.3 Å². The monoisotopic (exact) mass is 571 g/mol. The van der Waals surface area contributed by atoms with Gasteiger partial charge in [0.1, 0.15) is 5.69 Å². The Morgan fingerprint density at radius 1 is 1.27 bits per heavy atom. The van der Waals surface area contributed by atoms with Gasteiger partial charge < -0.3 is 16.0 Å². The molecule has 13 heteroatoms. The number of allylic oxidation sites excluding steroid dienone is 1. The number of benzene rings is 1. The van der Waals surface area contributed by atoms with E-state index in [4.69, 9.17) is 17.3 Å². The molecule has 3 aromatic rings. The Bertz CT molecular complexity index is 1510. The van der Waals surface area contributed by atoms with E-state index in [0.29, 0.717) is 24.4 Å². The van der Waals surface area contributed by atoms with Gasteiger partial charge in [0.2, 0.25) is 5.91 Å². The van der Waals surface area contributed by atoms with Crippen LogP contribution in [0.3, 0.4) is 0 Å². The summed E-state index contributed by atoms with van der Waals surface area (Å²) in [6.07, 6.45) is 2.07. The van der Waals surface area contributed by atoms with Gasteiger partial charge in [-0.25, -0.2) is 18.2 Å². The first kappa shape index (κ1) is 28.7. The summed E-state index contributed by atoms with van der Waals surface area (Å²) < 4.78 is 41.6. The smallest absolute Gasteiger partial charge is 0.275 e. The van der Waals surface area contributed by atoms with Crippen LogP contribution in [0.2, 0.25) is 5.02 Å². The van der Waals surface area contributed by atoms with Crippen molar-refractivity contribution in [2.24, 2.45) is 16.6 Å². The Hall–Kier alpha value is -4.32. The number of carbonyl (C=O) groups is 2. The first-order valence-electron chi connectivity index (χ1n) is 12.2. The summed E-state index contributed by atoms with van der Waals surface area (Å²) >= 11 is 5.78. The lowest BCUT2D eigenvalue weighted by atomic mass is 10.0. The predicted octanol–water partition coefficient (Wildman–Crippen LogP) is 4.75. The minimum Gasteiger partial charge on any atom is -0.403 e. The van der Waals surface area contributed by atoms with Crippen LogP contribution >= 0.6 is 11.6 Å². The van der Waals surface area contributed by atoms with Crippen LogP contribution in [0.5, 0.6) is 0 Å². The normalized spacial score (nSPS) is 15.9. The van der Waals surface area contributed by atoms with E-state index in [-0.39, 0.29) is 40.5 Å². The van der Waals surface area contributed by atoms with Crippen molar-refractivity contribution in [2.45, 2.75) is 33.2 Å². The number of hydrogen-bond acceptors (Lipinski definition) is 7. The molecule has 0 aliphatic carbocycles. The summed E-state index contributed by atoms with van der Waals surface area (Å²) in [7, 11) is 0. The summed E-state index contributed by atoms with van der Waals surface area (Å²) in [6.45, 7) is 4.66. The maximum atomic E-state index is 14.6. The van der Waals surface area contributed by atoms with Crippen LogP contribution in [0, 0.1) is 18.7 Å². The highest BCUT2D eigenvalue weighted by molar-refractivity contribution is 6.31. The zero-order chi connectivity index (χ0) is 29.0. The summed E-state index contributed by atoms with van der Waals surface area (Å²) in [4.78, 5) is 43.4. The van der Waals surface area contributed by atoms with E-state index in [9.17, 15) is 22.8 Å². The topological polar surface area (TPSA) is 126 Å². The average Bonchev–Trinajstić information content (AvgIpc) is 3.26. The predicted molar refractivity (Wildman–Crippen MR) is 144 cm³/mol. The first-order valence-corrected chi connectivity index (χ1v) is 12.5. The molecule has 0 saturated carbocycles. The number of alkyl halides is 2. The van der Waals surface area contributed by atoms with E-state index in [0.717, 1.165) is 36.4 Å². The third kappa shape index (κ3) is 6.28. The van der Waals surface area contributed by atoms with Crippen molar-refractivity contribution in [3.8, 4) is 11.3 Å². The van der Waals surface area contributed by atoms with Crippen LogP contribution in [0.1, 0.15) is 47.2 Å². The fourth-order valence-electron chi connectivity index (χ4n) is 4.25. The second-order valence-corrected chi connectivity index (χ2v) is 9.59. The second kappa shape index (κ2) is 12.2. The van der Waals surface area contributed by atoms with Gasteiger partial charge >= 0.3 is 0 Å². The summed E-state index contributed by atoms with van der Waals surface area (Å²) in [5.74, 6) is -1.52. The van der Waals surface area contributed by atoms with Crippen LogP contribution in [0.4, 0.5) is 18.9 Å². The maximum absolute atomic E-state index is 14.6. The standard InChI is InChI=1S/C27H25ClF3N7O2/c1-14-7-23(39)38(13-14)22-6-3-16(35-15(22)2)9-33-10-17(8-32)36-27(40)21-12-34-11-20(37-21)24-18(26(30)31)4-5-19(28)25(24)29/h3-6,8,10-12,14,26H,7,9,13,32H2,1-2H3,(H,36,40)/t14-/m0/s1. The third-order valence-corrected chi connectivity index (χ3v) is 6.42. The third-order valence-electron chi connectivity index (χ3n) is 6.13. The van der Waals surface area contributed by atoms with Gasteiger partial charge in [0, 0.05) is 36.5 Å². The number of carbonyl (C=O) groups excluding carboxylic acids is 2. The lowest BCUT2D eigenvalue weighted by Crippen LogP contribution is -2.26. The Balaban J connectivity index is 1.45. The van der Waals surface area contributed by atoms with E-state index in [2.05, 4.69) is 25.3 Å². The molecule has 0 spiro atoms. The molecule has 1 aliphatic heterocycles. The number of aryl methyl sites for hydroxylation is 1. The number of nitrogens with two attached hydrogens (primary N) is 1. The van der Waals surface area contributed by atoms with Crippen LogP contribution in [0.25, 0.3) is 11.3 Å². The number of hydrogen-bond donors (Lipinski definition) is 2. The number of halogens is 4. The van der Waals surface area contributed by atoms with Crippen molar-refractivity contribution in [1.29, 1.82) is 0 Å². The minimum atomic E-state index is -3.01. The lowest BCUT2D eigenvalue weighted by molar-refractivity contribution is -0.117. The Labute approximate surface area is 233 Å². The van der Waals surface area contributed by atoms with Gasteiger partial charge in [-0.3, -0.25) is 24.5 Å². The first-order chi connectivity index (χ1) is 19.1. The van der Waals surface area contributed by atoms with Gasteiger partial charge in [0.15, 0.2) is 5.82 Å². The highest BCUT2D eigenvalue weighted by atomic mass is 35.5. The molecular weight excluding hydrogens is 547 g/mol. The molecule has 1 saturated heterocycles. The van der Waals surface area contributed by atoms with Crippen molar-refractivity contribution >= 4 is 35.3 Å². The number of rotatable bonds is 8. The van der Waals surface area contributed by atoms with Crippen molar-refractivity contribution in [2.75, 3.05) is 11.4 Å². The van der Waals surface area contributed by atoms with Crippen LogP contribution in [0.15, 0.2) is 53.5 Å². The summed E-state index contributed by atoms with van der Waals surface area (Å²) in [5.41, 5.74) is 6.09. The number of nitrogens with one attached hydrogen (secondary N) is 1. The van der Waals surface area contributed by atoms with E-state index >= 15 is 0 Å². The molecule has 40 heavy (non-hydrogen) atoms. The van der Waals surface area contributed by atoms with Crippen LogP contribution in [-0.2, 0) is 11.3 Å². The number of aliphatic imine (C=N–C) groups is 1. The zero-order valence-electron chi connectivity index (χ0n) is 21.5. The highest BCUT2D eigenvalue weighted by Gasteiger charge is 2.29.